The van der Waals surface area contributed by atoms with Gasteiger partial charge in [-0.2, -0.15) is 0 Å². The van der Waals surface area contributed by atoms with Crippen LogP contribution in [0.5, 0.6) is 0 Å². The highest BCUT2D eigenvalue weighted by Gasteiger charge is 2.44. The van der Waals surface area contributed by atoms with E-state index in [1.807, 2.05) is 0 Å². The van der Waals surface area contributed by atoms with Crippen molar-refractivity contribution in [2.45, 2.75) is 218 Å². The molecule has 1 aliphatic heterocycles. The Bertz CT molecular complexity index is 777. The van der Waals surface area contributed by atoms with E-state index in [1.165, 1.54) is 128 Å². The Morgan fingerprint density at radius 3 is 1.62 bits per heavy atom. The zero-order valence-electron chi connectivity index (χ0n) is 32.2. The molecule has 1 rings (SSSR count). The van der Waals surface area contributed by atoms with Gasteiger partial charge < -0.3 is 39.4 Å². The van der Waals surface area contributed by atoms with Crippen molar-refractivity contribution in [1.29, 1.82) is 0 Å². The van der Waals surface area contributed by atoms with Gasteiger partial charge in [0.15, 0.2) is 6.29 Å². The minimum Gasteiger partial charge on any atom is -0.457 e. The van der Waals surface area contributed by atoms with E-state index in [9.17, 15) is 25.2 Å². The van der Waals surface area contributed by atoms with Crippen molar-refractivity contribution in [3.8, 4) is 0 Å². The zero-order valence-corrected chi connectivity index (χ0v) is 32.2. The molecule has 296 valence electrons. The van der Waals surface area contributed by atoms with Gasteiger partial charge in [-0.1, -0.05) is 148 Å². The molecule has 0 saturated carbocycles. The van der Waals surface area contributed by atoms with Gasteiger partial charge in [-0.3, -0.25) is 4.79 Å². The number of esters is 1. The lowest BCUT2D eigenvalue weighted by atomic mass is 9.99. The number of aliphatic hydroxyl groups is 4. The van der Waals surface area contributed by atoms with Gasteiger partial charge in [-0.25, -0.2) is 0 Å². The summed E-state index contributed by atoms with van der Waals surface area (Å²) in [5.41, 5.74) is 0. The van der Waals surface area contributed by atoms with E-state index in [0.29, 0.717) is 13.0 Å². The smallest absolute Gasteiger partial charge is 0.306 e. The van der Waals surface area contributed by atoms with Gasteiger partial charge >= 0.3 is 5.97 Å². The van der Waals surface area contributed by atoms with E-state index in [1.54, 1.807) is 0 Å². The summed E-state index contributed by atoms with van der Waals surface area (Å²) in [5, 5.41) is 39.9. The summed E-state index contributed by atoms with van der Waals surface area (Å²) in [6.45, 7) is 4.54. The second kappa shape index (κ2) is 33.7. The van der Waals surface area contributed by atoms with Crippen molar-refractivity contribution in [3.05, 3.63) is 12.2 Å². The van der Waals surface area contributed by atoms with E-state index in [4.69, 9.17) is 18.9 Å². The van der Waals surface area contributed by atoms with Crippen molar-refractivity contribution < 1.29 is 44.2 Å². The summed E-state index contributed by atoms with van der Waals surface area (Å²) in [4.78, 5) is 12.7. The summed E-state index contributed by atoms with van der Waals surface area (Å²) in [5.74, 6) is -0.316. The van der Waals surface area contributed by atoms with Gasteiger partial charge in [0.2, 0.25) is 0 Å². The van der Waals surface area contributed by atoms with E-state index in [2.05, 4.69) is 26.0 Å². The molecule has 1 aliphatic rings. The molecule has 0 bridgehead atoms. The molecule has 1 fully saturated rings. The van der Waals surface area contributed by atoms with Crippen molar-refractivity contribution in [2.24, 2.45) is 0 Å². The van der Waals surface area contributed by atoms with Crippen LogP contribution in [0.3, 0.4) is 0 Å². The van der Waals surface area contributed by atoms with Crippen LogP contribution in [0.4, 0.5) is 0 Å². The van der Waals surface area contributed by atoms with Gasteiger partial charge in [0.25, 0.3) is 0 Å². The van der Waals surface area contributed by atoms with Crippen LogP contribution in [0.25, 0.3) is 0 Å². The normalized spacial score (nSPS) is 21.6. The fourth-order valence-corrected chi connectivity index (χ4v) is 6.37. The van der Waals surface area contributed by atoms with Crippen LogP contribution < -0.4 is 0 Å². The monoisotopic (exact) mass is 715 g/mol. The van der Waals surface area contributed by atoms with E-state index in [0.717, 1.165) is 32.1 Å². The Labute approximate surface area is 305 Å². The number of hydrogen-bond acceptors (Lipinski definition) is 9. The largest absolute Gasteiger partial charge is 0.457 e. The molecule has 0 amide bonds. The third-order valence-corrected chi connectivity index (χ3v) is 9.68. The van der Waals surface area contributed by atoms with Crippen LogP contribution in [-0.4, -0.2) is 89.6 Å². The van der Waals surface area contributed by atoms with Crippen LogP contribution in [-0.2, 0) is 23.7 Å². The Kier molecular flexibility index (Phi) is 31.7. The Morgan fingerprint density at radius 2 is 1.10 bits per heavy atom. The lowest BCUT2D eigenvalue weighted by molar-refractivity contribution is -0.305. The van der Waals surface area contributed by atoms with Crippen molar-refractivity contribution in [1.82, 2.24) is 0 Å². The first-order valence-electron chi connectivity index (χ1n) is 20.8. The number of carbonyl (C=O) groups is 1. The predicted octanol–water partition coefficient (Wildman–Crippen LogP) is 8.47. The molecule has 0 aromatic heterocycles. The van der Waals surface area contributed by atoms with Crippen molar-refractivity contribution in [3.63, 3.8) is 0 Å². The second-order valence-corrected chi connectivity index (χ2v) is 14.4. The first-order chi connectivity index (χ1) is 24.4. The number of unbranched alkanes of at least 4 members (excludes halogenated alkanes) is 22. The first kappa shape index (κ1) is 47.0. The molecule has 1 saturated heterocycles. The highest BCUT2D eigenvalue weighted by Crippen LogP contribution is 2.22. The highest BCUT2D eigenvalue weighted by atomic mass is 16.7. The van der Waals surface area contributed by atoms with Gasteiger partial charge in [0, 0.05) is 13.0 Å². The number of allylic oxidation sites excluding steroid dienone is 2. The van der Waals surface area contributed by atoms with Gasteiger partial charge in [0.1, 0.15) is 30.5 Å². The maximum absolute atomic E-state index is 12.7. The Hall–Kier alpha value is -1.07. The van der Waals surface area contributed by atoms with Gasteiger partial charge in [0.05, 0.1) is 19.8 Å². The SMILES string of the molecule is CCCCCCCC/C=C\CCCCCCCCCCCC(=O)OC(COCCCCCCCCCC)COC1OC(CO)C(O)C(O)C1O. The number of carbonyl (C=O) groups excluding carboxylic acids is 1. The minimum absolute atomic E-state index is 0.110. The molecule has 0 radical (unpaired) electrons. The van der Waals surface area contributed by atoms with E-state index >= 15 is 0 Å². The molecule has 6 unspecified atom stereocenters. The summed E-state index contributed by atoms with van der Waals surface area (Å²) < 4.78 is 22.7. The standard InChI is InChI=1S/C41H78O9/c1-3-5-7-9-11-13-14-15-16-17-18-19-20-21-22-23-24-26-28-30-37(43)49-35(33-47-31-29-27-25-12-10-8-6-4-2)34-48-41-40(46)39(45)38(44)36(32-42)50-41/h15-16,35-36,38-42,44-46H,3-14,17-34H2,1-2H3/b16-15-. The van der Waals surface area contributed by atoms with Crippen LogP contribution >= 0.6 is 0 Å². The lowest BCUT2D eigenvalue weighted by Gasteiger charge is -2.39. The minimum atomic E-state index is -1.53. The Morgan fingerprint density at radius 1 is 0.620 bits per heavy atom. The maximum Gasteiger partial charge on any atom is 0.306 e. The number of aliphatic hydroxyl groups excluding tert-OH is 4. The average Bonchev–Trinajstić information content (AvgIpc) is 3.11. The van der Waals surface area contributed by atoms with Crippen LogP contribution in [0.1, 0.15) is 181 Å². The summed E-state index contributed by atoms with van der Waals surface area (Å²) in [7, 11) is 0. The summed E-state index contributed by atoms with van der Waals surface area (Å²) in [6.07, 6.45) is 28.2. The molecule has 9 nitrogen and oxygen atoms in total. The fourth-order valence-electron chi connectivity index (χ4n) is 6.37. The van der Waals surface area contributed by atoms with Crippen molar-refractivity contribution in [2.75, 3.05) is 26.4 Å². The summed E-state index contributed by atoms with van der Waals surface area (Å²) >= 11 is 0. The fraction of sp³-hybridized carbons (Fsp3) is 0.927. The van der Waals surface area contributed by atoms with Crippen LogP contribution in [0.2, 0.25) is 0 Å². The summed E-state index contributed by atoms with van der Waals surface area (Å²) in [6, 6.07) is 0. The topological polar surface area (TPSA) is 135 Å². The highest BCUT2D eigenvalue weighted by molar-refractivity contribution is 5.69. The molecule has 50 heavy (non-hydrogen) atoms. The molecular weight excluding hydrogens is 636 g/mol. The molecular formula is C41H78O9. The molecule has 6 atom stereocenters. The van der Waals surface area contributed by atoms with Gasteiger partial charge in [-0.05, 0) is 38.5 Å². The Balaban J connectivity index is 2.23. The molecule has 0 aromatic carbocycles. The van der Waals surface area contributed by atoms with E-state index < -0.39 is 43.4 Å². The average molecular weight is 715 g/mol. The van der Waals surface area contributed by atoms with Crippen LogP contribution in [0, 0.1) is 0 Å². The third kappa shape index (κ3) is 25.0. The molecule has 9 heteroatoms. The number of ether oxygens (including phenoxy) is 4. The number of rotatable bonds is 35. The zero-order chi connectivity index (χ0) is 36.5. The molecule has 0 aliphatic carbocycles. The molecule has 0 aromatic rings. The maximum atomic E-state index is 12.7. The number of hydrogen-bond donors (Lipinski definition) is 4. The third-order valence-electron chi connectivity index (χ3n) is 9.68. The molecule has 4 N–H and O–H groups in total. The molecule has 0 spiro atoms. The van der Waals surface area contributed by atoms with Crippen LogP contribution in [0.15, 0.2) is 12.2 Å². The lowest BCUT2D eigenvalue weighted by Crippen LogP contribution is -2.59. The quantitative estimate of drug-likeness (QED) is 0.0290. The van der Waals surface area contributed by atoms with Gasteiger partial charge in [-0.15, -0.1) is 0 Å². The second-order valence-electron chi connectivity index (χ2n) is 14.4. The van der Waals surface area contributed by atoms with E-state index in [-0.39, 0.29) is 19.2 Å². The molecule has 1 heterocycles. The first-order valence-corrected chi connectivity index (χ1v) is 20.8. The van der Waals surface area contributed by atoms with Crippen molar-refractivity contribution >= 4 is 5.97 Å². The predicted molar refractivity (Wildman–Crippen MR) is 201 cm³/mol.